The minimum atomic E-state index is -0.675. The fourth-order valence-electron chi connectivity index (χ4n) is 8.99. The van der Waals surface area contributed by atoms with Gasteiger partial charge in [-0.25, -0.2) is 14.8 Å². The highest BCUT2D eigenvalue weighted by Crippen LogP contribution is 2.56. The first-order valence-corrected chi connectivity index (χ1v) is 19.1. The van der Waals surface area contributed by atoms with Gasteiger partial charge in [0.2, 0.25) is 11.8 Å². The van der Waals surface area contributed by atoms with Crippen LogP contribution in [0.5, 0.6) is 0 Å². The highest BCUT2D eigenvalue weighted by atomic mass is 16.5. The van der Waals surface area contributed by atoms with Gasteiger partial charge in [0.05, 0.1) is 42.9 Å². The molecule has 8 rings (SSSR count). The molecule has 2 saturated carbocycles. The molecular formula is C43H47N7O4. The third-order valence-electron chi connectivity index (χ3n) is 11.7. The summed E-state index contributed by atoms with van der Waals surface area (Å²) in [5.41, 5.74) is 6.91. The summed E-state index contributed by atoms with van der Waals surface area (Å²) < 4.78 is 4.76. The van der Waals surface area contributed by atoms with E-state index >= 15 is 0 Å². The number of methoxy groups -OCH3 is 1. The third kappa shape index (κ3) is 6.90. The molecule has 4 N–H and O–H groups in total. The second-order valence-corrected chi connectivity index (χ2v) is 15.3. The van der Waals surface area contributed by atoms with Crippen molar-refractivity contribution in [3.8, 4) is 33.6 Å². The molecule has 2 aromatic heterocycles. The number of aromatic nitrogens is 4. The Kier molecular flexibility index (Phi) is 9.79. The lowest BCUT2D eigenvalue weighted by Crippen LogP contribution is -2.51. The maximum absolute atomic E-state index is 13.5. The van der Waals surface area contributed by atoms with Crippen LogP contribution in [0.4, 0.5) is 10.5 Å². The summed E-state index contributed by atoms with van der Waals surface area (Å²) in [6.45, 7) is 4.43. The van der Waals surface area contributed by atoms with Gasteiger partial charge in [-0.1, -0.05) is 80.6 Å². The van der Waals surface area contributed by atoms with E-state index in [1.165, 1.54) is 7.11 Å². The third-order valence-corrected chi connectivity index (χ3v) is 11.7. The molecule has 2 aliphatic carbocycles. The molecule has 6 atom stereocenters. The highest BCUT2D eigenvalue weighted by Gasteiger charge is 2.52. The number of carbonyl (C=O) groups excluding carboxylic acids is 3. The number of imidazole rings is 2. The number of hydrogen-bond acceptors (Lipinski definition) is 6. The van der Waals surface area contributed by atoms with Gasteiger partial charge in [0.1, 0.15) is 17.7 Å². The normalized spacial score (nSPS) is 22.4. The van der Waals surface area contributed by atoms with Crippen LogP contribution >= 0.6 is 0 Å². The summed E-state index contributed by atoms with van der Waals surface area (Å²) >= 11 is 0. The smallest absolute Gasteiger partial charge is 0.407 e. The molecular weight excluding hydrogens is 679 g/mol. The van der Waals surface area contributed by atoms with Crippen molar-refractivity contribution < 1.29 is 19.1 Å². The van der Waals surface area contributed by atoms with Gasteiger partial charge < -0.3 is 30.2 Å². The topological polar surface area (TPSA) is 145 Å². The second-order valence-electron chi connectivity index (χ2n) is 15.3. The summed E-state index contributed by atoms with van der Waals surface area (Å²) in [5.74, 6) is 2.41. The predicted molar refractivity (Wildman–Crippen MR) is 207 cm³/mol. The van der Waals surface area contributed by atoms with Crippen LogP contribution in [0.15, 0.2) is 91.3 Å². The van der Waals surface area contributed by atoms with Gasteiger partial charge >= 0.3 is 6.09 Å². The number of anilines is 1. The molecule has 1 aliphatic heterocycles. The minimum absolute atomic E-state index is 0.0809. The van der Waals surface area contributed by atoms with Gasteiger partial charge in [0.15, 0.2) is 0 Å². The molecule has 5 aromatic rings. The van der Waals surface area contributed by atoms with E-state index in [2.05, 4.69) is 74.1 Å². The van der Waals surface area contributed by atoms with E-state index in [9.17, 15) is 14.4 Å². The van der Waals surface area contributed by atoms with Crippen LogP contribution in [0, 0.1) is 23.7 Å². The summed E-state index contributed by atoms with van der Waals surface area (Å²) in [4.78, 5) is 57.4. The zero-order chi connectivity index (χ0) is 37.3. The van der Waals surface area contributed by atoms with Crippen molar-refractivity contribution in [2.75, 3.05) is 19.0 Å². The number of fused-ring (bicyclic) bond motifs is 2. The first-order valence-electron chi connectivity index (χ1n) is 19.1. The number of ether oxygens (including phenoxy) is 1. The van der Waals surface area contributed by atoms with Gasteiger partial charge in [-0.2, -0.15) is 0 Å². The second kappa shape index (κ2) is 15.0. The number of benzene rings is 3. The van der Waals surface area contributed by atoms with E-state index in [1.807, 2.05) is 61.5 Å². The van der Waals surface area contributed by atoms with Crippen LogP contribution in [0.25, 0.3) is 33.6 Å². The number of likely N-dealkylation sites (tertiary alicyclic amines) is 1. The van der Waals surface area contributed by atoms with E-state index in [4.69, 9.17) is 9.72 Å². The monoisotopic (exact) mass is 725 g/mol. The minimum Gasteiger partial charge on any atom is -0.453 e. The van der Waals surface area contributed by atoms with Crippen LogP contribution in [-0.2, 0) is 14.3 Å². The van der Waals surface area contributed by atoms with Gasteiger partial charge in [0, 0.05) is 18.2 Å². The molecule has 2 bridgehead atoms. The van der Waals surface area contributed by atoms with Gasteiger partial charge in [-0.15, -0.1) is 0 Å². The number of para-hydroxylation sites is 1. The molecule has 11 heteroatoms. The molecule has 278 valence electrons. The maximum atomic E-state index is 13.5. The van der Waals surface area contributed by atoms with Crippen LogP contribution in [-0.4, -0.2) is 62.4 Å². The first-order chi connectivity index (χ1) is 26.3. The lowest BCUT2D eigenvalue weighted by atomic mass is 9.78. The number of hydrogen-bond donors (Lipinski definition) is 4. The zero-order valence-corrected chi connectivity index (χ0v) is 30.9. The summed E-state index contributed by atoms with van der Waals surface area (Å²) in [7, 11) is 1.30. The molecule has 0 spiro atoms. The molecule has 2 unspecified atom stereocenters. The fraction of sp³-hybridized carbons (Fsp3) is 0.372. The van der Waals surface area contributed by atoms with Crippen molar-refractivity contribution in [1.82, 2.24) is 30.2 Å². The maximum Gasteiger partial charge on any atom is 0.407 e. The fourth-order valence-corrected chi connectivity index (χ4v) is 8.99. The summed E-state index contributed by atoms with van der Waals surface area (Å²) in [6.07, 6.45) is 8.09. The van der Waals surface area contributed by atoms with E-state index < -0.39 is 12.1 Å². The Morgan fingerprint density at radius 1 is 0.778 bits per heavy atom. The standard InChI is InChI=1S/C43H47N7O4/c1-25(2)38(49-43(53)54-3)42(52)50-21-7-10-35(50)39-44-23-33(47-39)28-15-11-26(12-16-28)27-13-17-29(18-14-27)34-24-45-40(48-34)36-30-19-20-31(22-30)37(36)41(51)46-32-8-5-4-6-9-32/h4-6,8-9,11-18,23-25,30-31,35-38H,7,10,19-22H2,1-3H3,(H,44,47)(H,45,48)(H,46,51)(H,49,53)/t30?,31?,35-,36-,37-,38-/m0/s1. The highest BCUT2D eigenvalue weighted by molar-refractivity contribution is 5.93. The molecule has 3 aromatic carbocycles. The van der Waals surface area contributed by atoms with E-state index in [0.29, 0.717) is 18.4 Å². The van der Waals surface area contributed by atoms with Crippen molar-refractivity contribution in [2.45, 2.75) is 64.0 Å². The largest absolute Gasteiger partial charge is 0.453 e. The Labute approximate surface area is 315 Å². The van der Waals surface area contributed by atoms with Gasteiger partial charge in [0.25, 0.3) is 0 Å². The van der Waals surface area contributed by atoms with E-state index in [-0.39, 0.29) is 35.6 Å². The number of aromatic amines is 2. The Balaban J connectivity index is 0.929. The van der Waals surface area contributed by atoms with Crippen LogP contribution in [0.2, 0.25) is 0 Å². The van der Waals surface area contributed by atoms with E-state index in [1.54, 1.807) is 0 Å². The number of H-pyrrole nitrogens is 2. The number of nitrogens with zero attached hydrogens (tertiary/aromatic N) is 3. The molecule has 3 aliphatic rings. The quantitative estimate of drug-likeness (QED) is 0.115. The molecule has 1 saturated heterocycles. The zero-order valence-electron chi connectivity index (χ0n) is 30.9. The Hall–Kier alpha value is -5.71. The molecule has 3 heterocycles. The van der Waals surface area contributed by atoms with Crippen molar-refractivity contribution in [3.63, 3.8) is 0 Å². The van der Waals surface area contributed by atoms with Crippen molar-refractivity contribution in [2.24, 2.45) is 23.7 Å². The number of rotatable bonds is 10. The van der Waals surface area contributed by atoms with Gasteiger partial charge in [-0.3, -0.25) is 9.59 Å². The predicted octanol–water partition coefficient (Wildman–Crippen LogP) is 7.95. The number of nitrogens with one attached hydrogen (secondary N) is 4. The average Bonchev–Trinajstić information content (AvgIpc) is 4.05. The number of alkyl carbamates (subject to hydrolysis) is 1. The van der Waals surface area contributed by atoms with Crippen molar-refractivity contribution >= 4 is 23.6 Å². The molecule has 11 nitrogen and oxygen atoms in total. The van der Waals surface area contributed by atoms with Crippen molar-refractivity contribution in [1.29, 1.82) is 0 Å². The Morgan fingerprint density at radius 2 is 1.37 bits per heavy atom. The van der Waals surface area contributed by atoms with Crippen LogP contribution in [0.3, 0.4) is 0 Å². The molecule has 0 radical (unpaired) electrons. The lowest BCUT2D eigenvalue weighted by molar-refractivity contribution is -0.135. The number of amides is 3. The van der Waals surface area contributed by atoms with Crippen LogP contribution in [0.1, 0.15) is 69.6 Å². The summed E-state index contributed by atoms with van der Waals surface area (Å²) in [6, 6.07) is 25.7. The molecule has 3 fully saturated rings. The average molecular weight is 726 g/mol. The molecule has 54 heavy (non-hydrogen) atoms. The first kappa shape index (κ1) is 35.3. The Bertz CT molecular complexity index is 2110. The van der Waals surface area contributed by atoms with E-state index in [0.717, 1.165) is 83.1 Å². The van der Waals surface area contributed by atoms with Crippen molar-refractivity contribution in [3.05, 3.63) is 103 Å². The molecule has 3 amide bonds. The van der Waals surface area contributed by atoms with Gasteiger partial charge in [-0.05, 0) is 84.2 Å². The SMILES string of the molecule is COC(=O)N[C@H](C(=O)N1CCC[C@H]1c1ncc(-c2ccc(-c3ccc(-c4cnc([C@H]5C6CCC(C6)[C@@H]5C(=O)Nc5ccccc5)[nH]4)cc3)cc2)[nH]1)C(C)C. The lowest BCUT2D eigenvalue weighted by Gasteiger charge is -2.30. The van der Waals surface area contributed by atoms with Crippen LogP contribution < -0.4 is 10.6 Å². The Morgan fingerprint density at radius 3 is 2.00 bits per heavy atom. The number of carbonyl (C=O) groups is 3. The summed E-state index contributed by atoms with van der Waals surface area (Å²) in [5, 5.41) is 5.86.